The van der Waals surface area contributed by atoms with Crippen LogP contribution in [-0.2, 0) is 0 Å². The maximum Gasteiger partial charge on any atom is 0.324 e. The molecule has 1 aliphatic carbocycles. The number of aromatic nitrogens is 3. The fourth-order valence-corrected chi connectivity index (χ4v) is 4.26. The maximum absolute atomic E-state index is 13.9. The van der Waals surface area contributed by atoms with Crippen molar-refractivity contribution in [2.24, 2.45) is 0 Å². The lowest BCUT2D eigenvalue weighted by Crippen LogP contribution is -2.21. The second kappa shape index (κ2) is 11.1. The van der Waals surface area contributed by atoms with Crippen molar-refractivity contribution in [3.8, 4) is 17.2 Å². The third-order valence-electron chi connectivity index (χ3n) is 6.20. The van der Waals surface area contributed by atoms with Crippen LogP contribution in [0.5, 0.6) is 11.5 Å². The van der Waals surface area contributed by atoms with E-state index in [1.807, 2.05) is 0 Å². The highest BCUT2D eigenvalue weighted by Crippen LogP contribution is 2.37. The Bertz CT molecular complexity index is 1540. The van der Waals surface area contributed by atoms with Crippen LogP contribution < -0.4 is 20.7 Å². The first-order valence-electron chi connectivity index (χ1n) is 12.1. The smallest absolute Gasteiger partial charge is 0.324 e. The molecule has 12 heteroatoms. The summed E-state index contributed by atoms with van der Waals surface area (Å²) < 4.78 is 34.9. The Hall–Kier alpha value is -4.51. The van der Waals surface area contributed by atoms with E-state index in [0.717, 1.165) is 43.2 Å². The monoisotopic (exact) mass is 552 g/mol. The van der Waals surface area contributed by atoms with Gasteiger partial charge in [0.05, 0.1) is 22.1 Å². The van der Waals surface area contributed by atoms with Gasteiger partial charge in [0.2, 0.25) is 0 Å². The van der Waals surface area contributed by atoms with Crippen molar-refractivity contribution in [3.63, 3.8) is 0 Å². The number of carbonyl (C=O) groups is 2. The minimum Gasteiger partial charge on any atom is -0.457 e. The number of halogens is 3. The van der Waals surface area contributed by atoms with E-state index >= 15 is 0 Å². The van der Waals surface area contributed by atoms with E-state index in [1.165, 1.54) is 30.1 Å². The zero-order valence-electron chi connectivity index (χ0n) is 20.7. The van der Waals surface area contributed by atoms with E-state index in [9.17, 15) is 18.4 Å². The van der Waals surface area contributed by atoms with Crippen LogP contribution in [0.25, 0.3) is 5.69 Å². The fraction of sp³-hybridized carbons (Fsp3) is 0.185. The molecular formula is C27H23ClF2N6O3. The van der Waals surface area contributed by atoms with Gasteiger partial charge in [0, 0.05) is 43.4 Å². The van der Waals surface area contributed by atoms with E-state index in [1.54, 1.807) is 24.3 Å². The quantitative estimate of drug-likeness (QED) is 0.250. The summed E-state index contributed by atoms with van der Waals surface area (Å²) in [7, 11) is 1.50. The highest BCUT2D eigenvalue weighted by Gasteiger charge is 2.25. The molecule has 0 aliphatic heterocycles. The number of urea groups is 1. The molecule has 0 radical (unpaired) electrons. The van der Waals surface area contributed by atoms with Crippen LogP contribution >= 0.6 is 11.6 Å². The number of anilines is 2. The summed E-state index contributed by atoms with van der Waals surface area (Å²) >= 11 is 6.38. The molecule has 0 saturated heterocycles. The number of amides is 3. The zero-order chi connectivity index (χ0) is 27.5. The molecule has 4 aromatic rings. The topological polar surface area (TPSA) is 110 Å². The molecular weight excluding hydrogens is 530 g/mol. The summed E-state index contributed by atoms with van der Waals surface area (Å²) in [5, 5.41) is 12.5. The summed E-state index contributed by atoms with van der Waals surface area (Å²) in [4.78, 5) is 28.7. The first-order chi connectivity index (χ1) is 18.8. The average Bonchev–Trinajstić information content (AvgIpc) is 3.26. The van der Waals surface area contributed by atoms with Crippen molar-refractivity contribution in [2.75, 3.05) is 17.7 Å². The van der Waals surface area contributed by atoms with E-state index < -0.39 is 17.7 Å². The molecule has 2 aromatic carbocycles. The lowest BCUT2D eigenvalue weighted by atomic mass is 9.83. The van der Waals surface area contributed by atoms with Gasteiger partial charge in [-0.25, -0.2) is 18.3 Å². The van der Waals surface area contributed by atoms with Gasteiger partial charge in [-0.3, -0.25) is 15.1 Å². The number of ether oxygens (including phenoxy) is 1. The average molecular weight is 553 g/mol. The highest BCUT2D eigenvalue weighted by molar-refractivity contribution is 6.34. The number of rotatable bonds is 7. The van der Waals surface area contributed by atoms with Crippen LogP contribution in [0.2, 0.25) is 5.02 Å². The third kappa shape index (κ3) is 5.99. The third-order valence-corrected chi connectivity index (χ3v) is 6.51. The summed E-state index contributed by atoms with van der Waals surface area (Å²) in [5.74, 6) is -0.645. The van der Waals surface area contributed by atoms with Crippen molar-refractivity contribution in [2.45, 2.75) is 25.2 Å². The number of nitrogens with one attached hydrogen (secondary N) is 3. The molecule has 2 aromatic heterocycles. The Kier molecular flexibility index (Phi) is 7.42. The minimum absolute atomic E-state index is 0.142. The van der Waals surface area contributed by atoms with Crippen LogP contribution in [0.3, 0.4) is 0 Å². The lowest BCUT2D eigenvalue weighted by Gasteiger charge is -2.22. The number of carbonyl (C=O) groups excluding carboxylic acids is 2. The van der Waals surface area contributed by atoms with Gasteiger partial charge in [-0.15, -0.1) is 0 Å². The lowest BCUT2D eigenvalue weighted by molar-refractivity contribution is 0.0957. The second-order valence-corrected chi connectivity index (χ2v) is 9.31. The van der Waals surface area contributed by atoms with Crippen molar-refractivity contribution in [1.29, 1.82) is 0 Å². The maximum atomic E-state index is 13.9. The van der Waals surface area contributed by atoms with Crippen molar-refractivity contribution >= 4 is 35.0 Å². The normalized spacial score (nSPS) is 12.9. The first kappa shape index (κ1) is 26.1. The molecule has 3 amide bonds. The Morgan fingerprint density at radius 3 is 2.41 bits per heavy atom. The van der Waals surface area contributed by atoms with Gasteiger partial charge < -0.3 is 15.4 Å². The van der Waals surface area contributed by atoms with Gasteiger partial charge in [-0.05, 0) is 43.2 Å². The minimum atomic E-state index is -0.758. The van der Waals surface area contributed by atoms with Crippen LogP contribution in [0, 0.1) is 11.6 Å². The standard InChI is InChI=1S/C27H23ClF2N6O3/c1-31-26(37)24-13-20(7-8-32-24)39-19-5-6-22(21(28)12-19)33-27(38)34-25-14-23(15-3-2-4-15)35-36(25)18-10-16(29)9-17(30)11-18/h5-15H,2-4H2,1H3,(H,31,37)(H2,33,34,38). The van der Waals surface area contributed by atoms with Gasteiger partial charge in [0.15, 0.2) is 0 Å². The molecule has 0 bridgehead atoms. The van der Waals surface area contributed by atoms with Gasteiger partial charge >= 0.3 is 6.03 Å². The van der Waals surface area contributed by atoms with Crippen LogP contribution in [0.4, 0.5) is 25.1 Å². The summed E-state index contributed by atoms with van der Waals surface area (Å²) in [5.41, 5.74) is 1.36. The van der Waals surface area contributed by atoms with Gasteiger partial charge in [-0.2, -0.15) is 5.10 Å². The number of pyridine rings is 1. The van der Waals surface area contributed by atoms with Crippen molar-refractivity contribution in [3.05, 3.63) is 88.8 Å². The molecule has 0 atom stereocenters. The van der Waals surface area contributed by atoms with Gasteiger partial charge in [0.1, 0.15) is 34.6 Å². The number of nitrogens with zero attached hydrogens (tertiary/aromatic N) is 3. The van der Waals surface area contributed by atoms with Gasteiger partial charge in [0.25, 0.3) is 5.91 Å². The molecule has 1 aliphatic rings. The van der Waals surface area contributed by atoms with Gasteiger partial charge in [-0.1, -0.05) is 18.0 Å². The zero-order valence-corrected chi connectivity index (χ0v) is 21.4. The summed E-state index contributed by atoms with van der Waals surface area (Å²) in [6, 6.07) is 11.8. The number of benzene rings is 2. The number of hydrogen-bond acceptors (Lipinski definition) is 5. The highest BCUT2D eigenvalue weighted by atomic mass is 35.5. The molecule has 200 valence electrons. The van der Waals surface area contributed by atoms with Crippen molar-refractivity contribution < 1.29 is 23.1 Å². The Labute approximate surface area is 227 Å². The molecule has 0 unspecified atom stereocenters. The van der Waals surface area contributed by atoms with E-state index in [-0.39, 0.29) is 34.0 Å². The molecule has 0 spiro atoms. The van der Waals surface area contributed by atoms with Crippen LogP contribution in [-0.4, -0.2) is 33.8 Å². The Morgan fingerprint density at radius 2 is 1.74 bits per heavy atom. The molecule has 1 fully saturated rings. The molecule has 5 rings (SSSR count). The van der Waals surface area contributed by atoms with E-state index in [4.69, 9.17) is 16.3 Å². The van der Waals surface area contributed by atoms with Crippen LogP contribution in [0.1, 0.15) is 41.4 Å². The predicted octanol–water partition coefficient (Wildman–Crippen LogP) is 6.26. The predicted molar refractivity (Wildman–Crippen MR) is 142 cm³/mol. The fourth-order valence-electron chi connectivity index (χ4n) is 4.04. The molecule has 9 nitrogen and oxygen atoms in total. The molecule has 2 heterocycles. The number of hydrogen-bond donors (Lipinski definition) is 3. The Balaban J connectivity index is 1.31. The summed E-state index contributed by atoms with van der Waals surface area (Å²) in [6.45, 7) is 0. The molecule has 1 saturated carbocycles. The van der Waals surface area contributed by atoms with E-state index in [0.29, 0.717) is 17.2 Å². The van der Waals surface area contributed by atoms with Crippen molar-refractivity contribution in [1.82, 2.24) is 20.1 Å². The van der Waals surface area contributed by atoms with Crippen LogP contribution in [0.15, 0.2) is 60.8 Å². The summed E-state index contributed by atoms with van der Waals surface area (Å²) in [6.07, 6.45) is 4.43. The largest absolute Gasteiger partial charge is 0.457 e. The second-order valence-electron chi connectivity index (χ2n) is 8.90. The SMILES string of the molecule is CNC(=O)c1cc(Oc2ccc(NC(=O)Nc3cc(C4CCC4)nn3-c3cc(F)cc(F)c3)c(Cl)c2)ccn1. The van der Waals surface area contributed by atoms with E-state index in [2.05, 4.69) is 26.0 Å². The Morgan fingerprint density at radius 1 is 1.00 bits per heavy atom. The molecule has 3 N–H and O–H groups in total. The first-order valence-corrected chi connectivity index (χ1v) is 12.5. The molecule has 39 heavy (non-hydrogen) atoms.